The molecule has 7 heterocycles. The van der Waals surface area contributed by atoms with Crippen molar-refractivity contribution in [1.29, 1.82) is 0 Å². The van der Waals surface area contributed by atoms with Crippen molar-refractivity contribution in [2.75, 3.05) is 0 Å². The number of oxazole rings is 1. The molecule has 0 spiro atoms. The van der Waals surface area contributed by atoms with Gasteiger partial charge in [0, 0.05) is 31.7 Å². The van der Waals surface area contributed by atoms with Crippen molar-refractivity contribution in [3.05, 3.63) is 106 Å². The molecule has 8 aromatic rings. The first-order valence-corrected chi connectivity index (χ1v) is 20.2. The molecule has 0 aliphatic carbocycles. The van der Waals surface area contributed by atoms with Crippen LogP contribution in [0, 0.1) is 0 Å². The van der Waals surface area contributed by atoms with Crippen LogP contribution >= 0.6 is 34.0 Å². The fourth-order valence-electron chi connectivity index (χ4n) is 5.27. The van der Waals surface area contributed by atoms with Crippen molar-refractivity contribution in [3.8, 4) is 0 Å². The molecule has 8 rings (SSSR count). The second kappa shape index (κ2) is 16.3. The Morgan fingerprint density at radius 3 is 1.72 bits per heavy atom. The average Bonchev–Trinajstić information content (AvgIpc) is 3.87. The predicted octanol–water partition coefficient (Wildman–Crippen LogP) is 8.31. The monoisotopic (exact) mass is 833 g/mol. The minimum Gasteiger partial charge on any atom is -0.438 e. The molecular formula is C39H43N7O8S3. The molecule has 0 bridgehead atoms. The summed E-state index contributed by atoms with van der Waals surface area (Å²) in [5.41, 5.74) is 7.24. The Hall–Kier alpha value is -5.33. The van der Waals surface area contributed by atoms with E-state index in [2.05, 4.69) is 55.7 Å². The Morgan fingerprint density at radius 1 is 0.544 bits per heavy atom. The third-order valence-electron chi connectivity index (χ3n) is 7.80. The average molecular weight is 834 g/mol. The van der Waals surface area contributed by atoms with Gasteiger partial charge < -0.3 is 17.7 Å². The summed E-state index contributed by atoms with van der Waals surface area (Å²) in [6.45, 7) is 24.1. The molecule has 0 N–H and O–H groups in total. The fourth-order valence-corrected chi connectivity index (χ4v) is 7.56. The van der Waals surface area contributed by atoms with Crippen molar-refractivity contribution in [1.82, 2.24) is 34.9 Å². The molecule has 57 heavy (non-hydrogen) atoms. The summed E-state index contributed by atoms with van der Waals surface area (Å²) < 4.78 is 21.6. The Morgan fingerprint density at radius 2 is 1.09 bits per heavy atom. The molecule has 0 fully saturated rings. The minimum atomic E-state index is -0.642. The van der Waals surface area contributed by atoms with Gasteiger partial charge in [-0.3, -0.25) is 4.79 Å². The minimum absolute atomic E-state index is 0.0905. The lowest BCUT2D eigenvalue weighted by Gasteiger charge is -2.18. The molecule has 1 aromatic carbocycles. The Balaban J connectivity index is 0.000000145. The second-order valence-corrected chi connectivity index (χ2v) is 19.4. The highest BCUT2D eigenvalue weighted by Crippen LogP contribution is 2.31. The van der Waals surface area contributed by atoms with Crippen molar-refractivity contribution in [2.45, 2.75) is 105 Å². The maximum Gasteiger partial charge on any atom is 0.440 e. The fraction of sp³-hybridized carbons (Fsp3) is 0.410. The number of benzene rings is 1. The van der Waals surface area contributed by atoms with Crippen LogP contribution in [0.25, 0.3) is 42.2 Å². The Labute approximate surface area is 338 Å². The van der Waals surface area contributed by atoms with Crippen molar-refractivity contribution in [3.63, 3.8) is 0 Å². The summed E-state index contributed by atoms with van der Waals surface area (Å²) in [5, 5.41) is 1.09. The number of thiazole rings is 2. The zero-order valence-corrected chi connectivity index (χ0v) is 36.1. The molecule has 0 saturated carbocycles. The highest BCUT2D eigenvalue weighted by molar-refractivity contribution is 7.17. The van der Waals surface area contributed by atoms with Crippen molar-refractivity contribution < 1.29 is 17.7 Å². The third kappa shape index (κ3) is 10.4. The van der Waals surface area contributed by atoms with E-state index in [1.165, 1.54) is 40.4 Å². The van der Waals surface area contributed by atoms with Crippen LogP contribution < -0.4 is 22.1 Å². The molecular weight excluding hydrogens is 791 g/mol. The number of aromatic nitrogens is 7. The lowest BCUT2D eigenvalue weighted by Crippen LogP contribution is -2.19. The molecule has 18 heteroatoms. The van der Waals surface area contributed by atoms with Gasteiger partial charge in [0.05, 0.1) is 28.1 Å². The lowest BCUT2D eigenvalue weighted by molar-refractivity contribution is 0.479. The van der Waals surface area contributed by atoms with Gasteiger partial charge in [-0.05, 0) is 6.07 Å². The van der Waals surface area contributed by atoms with Gasteiger partial charge in [0.2, 0.25) is 16.2 Å². The number of hydrogen-bond acceptors (Lipinski definition) is 18. The van der Waals surface area contributed by atoms with E-state index in [-0.39, 0.29) is 32.2 Å². The van der Waals surface area contributed by atoms with Crippen molar-refractivity contribution in [2.24, 2.45) is 0 Å². The van der Waals surface area contributed by atoms with E-state index in [0.717, 1.165) is 26.2 Å². The van der Waals surface area contributed by atoms with Gasteiger partial charge in [0.25, 0.3) is 5.71 Å². The highest BCUT2D eigenvalue weighted by atomic mass is 32.1. The van der Waals surface area contributed by atoms with E-state index >= 15 is 0 Å². The SMILES string of the molecule is CC(C)(C)c1nc(=O)oc2ncoc12.CC(C)(C)c1nc(=O)oc2ncsc12.CC(C)(C)c1nc(=O)oc2scnc12.CC(C)(C)c1nc(=O)sc2ccccc12. The van der Waals surface area contributed by atoms with E-state index in [1.807, 2.05) is 86.6 Å². The van der Waals surface area contributed by atoms with Crippen LogP contribution in [-0.2, 0) is 21.7 Å². The molecule has 0 amide bonds. The van der Waals surface area contributed by atoms with Crippen LogP contribution in [0.1, 0.15) is 106 Å². The Bertz CT molecular complexity index is 2680. The summed E-state index contributed by atoms with van der Waals surface area (Å²) in [5.74, 6) is -1.77. The van der Waals surface area contributed by atoms with E-state index in [1.54, 1.807) is 11.0 Å². The lowest BCUT2D eigenvalue weighted by atomic mass is 9.90. The summed E-state index contributed by atoms with van der Waals surface area (Å²) in [6, 6.07) is 7.93. The molecule has 7 aromatic heterocycles. The molecule has 0 unspecified atom stereocenters. The second-order valence-electron chi connectivity index (χ2n) is 16.8. The van der Waals surface area contributed by atoms with Crippen LogP contribution in [0.2, 0.25) is 0 Å². The quantitative estimate of drug-likeness (QED) is 0.141. The zero-order valence-electron chi connectivity index (χ0n) is 33.7. The number of rotatable bonds is 0. The number of nitrogens with zero attached hydrogens (tertiary/aromatic N) is 7. The van der Waals surface area contributed by atoms with Crippen molar-refractivity contribution >= 4 is 76.2 Å². The normalized spacial score (nSPS) is 12.1. The summed E-state index contributed by atoms with van der Waals surface area (Å²) in [4.78, 5) is 72.9. The maximum atomic E-state index is 11.5. The Kier molecular flexibility index (Phi) is 12.2. The van der Waals surface area contributed by atoms with Crippen LogP contribution in [-0.4, -0.2) is 34.9 Å². The number of fused-ring (bicyclic) bond motifs is 4. The number of hydrogen-bond donors (Lipinski definition) is 0. The van der Waals surface area contributed by atoms with Gasteiger partial charge in [0.1, 0.15) is 15.9 Å². The van der Waals surface area contributed by atoms with Gasteiger partial charge in [-0.2, -0.15) is 19.9 Å². The van der Waals surface area contributed by atoms with Crippen LogP contribution in [0.15, 0.2) is 78.5 Å². The third-order valence-corrected chi connectivity index (χ3v) is 10.2. The first-order chi connectivity index (χ1) is 26.4. The molecule has 0 saturated heterocycles. The van der Waals surface area contributed by atoms with E-state index < -0.39 is 17.3 Å². The topological polar surface area (TPSA) is 211 Å². The molecule has 15 nitrogen and oxygen atoms in total. The first-order valence-electron chi connectivity index (χ1n) is 17.6. The molecule has 0 aliphatic rings. The molecule has 0 aliphatic heterocycles. The maximum absolute atomic E-state index is 11.5. The van der Waals surface area contributed by atoms with E-state index in [0.29, 0.717) is 33.1 Å². The largest absolute Gasteiger partial charge is 0.440 e. The zero-order chi connectivity index (χ0) is 42.1. The van der Waals surface area contributed by atoms with Crippen LogP contribution in [0.5, 0.6) is 0 Å². The smallest absolute Gasteiger partial charge is 0.438 e. The highest BCUT2D eigenvalue weighted by Gasteiger charge is 2.25. The summed E-state index contributed by atoms with van der Waals surface area (Å²) >= 11 is 3.96. The summed E-state index contributed by atoms with van der Waals surface area (Å²) in [6.07, 6.45) is 1.24. The van der Waals surface area contributed by atoms with Crippen LogP contribution in [0.4, 0.5) is 0 Å². The van der Waals surface area contributed by atoms with E-state index in [4.69, 9.17) is 17.7 Å². The predicted molar refractivity (Wildman–Crippen MR) is 223 cm³/mol. The van der Waals surface area contributed by atoms with Gasteiger partial charge >= 0.3 is 22.1 Å². The standard InChI is InChI=1S/C12H13NOS.C9H10N2O3.2C9H10N2O2S/c1-12(2,3)10-8-6-4-5-7-9(8)15-11(14)13-10;1-9(2,3)6-5-7(10-4-13-5)14-8(12)11-6;1-9(2,3)6-5-7(10-4-14-5)13-8(12)11-6;1-9(2,3)6-5-7(14-4-10-5)13-8(12)11-6/h4-7H,1-3H3;3*4H,1-3H3. The summed E-state index contributed by atoms with van der Waals surface area (Å²) in [7, 11) is 0. The molecule has 0 atom stereocenters. The first kappa shape index (κ1) is 42.8. The molecule has 300 valence electrons. The molecule has 0 radical (unpaired) electrons. The van der Waals surface area contributed by atoms with Gasteiger partial charge in [0.15, 0.2) is 6.39 Å². The van der Waals surface area contributed by atoms with Gasteiger partial charge in [-0.15, -0.1) is 11.3 Å². The van der Waals surface area contributed by atoms with E-state index in [9.17, 15) is 19.2 Å². The van der Waals surface area contributed by atoms with Gasteiger partial charge in [-0.1, -0.05) is 124 Å². The van der Waals surface area contributed by atoms with Gasteiger partial charge in [-0.25, -0.2) is 29.3 Å². The van der Waals surface area contributed by atoms with Crippen LogP contribution in [0.3, 0.4) is 0 Å².